The summed E-state index contributed by atoms with van der Waals surface area (Å²) >= 11 is 4.05. The molecule has 15 heteroatoms. The van der Waals surface area contributed by atoms with E-state index in [1.165, 1.54) is 6.20 Å². The van der Waals surface area contributed by atoms with Gasteiger partial charge < -0.3 is 26.6 Å². The zero-order chi connectivity index (χ0) is 25.0. The lowest BCUT2D eigenvalue weighted by Gasteiger charge is -2.16. The predicted octanol–water partition coefficient (Wildman–Crippen LogP) is 1.16. The third kappa shape index (κ3) is 6.27. The molecular formula is C19H17I2N7O6. The van der Waals surface area contributed by atoms with E-state index in [1.54, 1.807) is 12.1 Å². The van der Waals surface area contributed by atoms with Gasteiger partial charge >= 0.3 is 11.9 Å². The summed E-state index contributed by atoms with van der Waals surface area (Å²) in [4.78, 5) is 61.3. The van der Waals surface area contributed by atoms with Crippen LogP contribution in [0.1, 0.15) is 28.9 Å². The predicted molar refractivity (Wildman–Crippen MR) is 137 cm³/mol. The Hall–Kier alpha value is -3.09. The van der Waals surface area contributed by atoms with Gasteiger partial charge in [0.2, 0.25) is 5.95 Å². The fourth-order valence-corrected chi connectivity index (χ4v) is 5.02. The van der Waals surface area contributed by atoms with Crippen molar-refractivity contribution in [3.8, 4) is 0 Å². The summed E-state index contributed by atoms with van der Waals surface area (Å²) in [5.41, 5.74) is 6.59. The Bertz CT molecular complexity index is 1320. The smallest absolute Gasteiger partial charge is 0.326 e. The van der Waals surface area contributed by atoms with E-state index in [0.717, 1.165) is 0 Å². The molecule has 178 valence electrons. The van der Waals surface area contributed by atoms with Gasteiger partial charge in [0.25, 0.3) is 11.5 Å². The summed E-state index contributed by atoms with van der Waals surface area (Å²) in [6.07, 6.45) is 0.843. The molecule has 0 saturated heterocycles. The van der Waals surface area contributed by atoms with E-state index in [2.05, 4.69) is 30.6 Å². The van der Waals surface area contributed by atoms with Crippen LogP contribution in [0.15, 0.2) is 23.1 Å². The van der Waals surface area contributed by atoms with Crippen LogP contribution in [0.2, 0.25) is 0 Å². The molecule has 0 saturated carbocycles. The van der Waals surface area contributed by atoms with Gasteiger partial charge in [-0.2, -0.15) is 4.98 Å². The lowest BCUT2D eigenvalue weighted by Crippen LogP contribution is -2.41. The molecule has 0 unspecified atom stereocenters. The largest absolute Gasteiger partial charge is 0.481 e. The molecule has 1 atom stereocenters. The number of nitrogen functional groups attached to an aromatic ring is 1. The first-order valence-electron chi connectivity index (χ1n) is 9.55. The molecule has 0 bridgehead atoms. The van der Waals surface area contributed by atoms with Gasteiger partial charge in [-0.15, -0.1) is 0 Å². The van der Waals surface area contributed by atoms with Crippen LogP contribution >= 0.6 is 45.2 Å². The average molecular weight is 693 g/mol. The van der Waals surface area contributed by atoms with E-state index in [4.69, 9.17) is 10.8 Å². The van der Waals surface area contributed by atoms with Crippen molar-refractivity contribution >= 4 is 85.8 Å². The fourth-order valence-electron chi connectivity index (χ4n) is 2.87. The number of carbonyl (C=O) groups excluding carboxylic acids is 1. The van der Waals surface area contributed by atoms with Gasteiger partial charge in [-0.1, -0.05) is 0 Å². The van der Waals surface area contributed by atoms with Crippen LogP contribution in [-0.4, -0.2) is 54.0 Å². The zero-order valence-corrected chi connectivity index (χ0v) is 21.4. The number of anilines is 2. The first kappa shape index (κ1) is 25.5. The van der Waals surface area contributed by atoms with Crippen molar-refractivity contribution < 1.29 is 24.6 Å². The number of fused-ring (bicyclic) bond motifs is 1. The molecule has 0 spiro atoms. The van der Waals surface area contributed by atoms with E-state index in [9.17, 15) is 24.3 Å². The highest BCUT2D eigenvalue weighted by Gasteiger charge is 2.22. The highest BCUT2D eigenvalue weighted by Crippen LogP contribution is 2.27. The Morgan fingerprint density at radius 1 is 1.15 bits per heavy atom. The third-order valence-corrected chi connectivity index (χ3v) is 6.19. The number of aliphatic carboxylic acids is 2. The van der Waals surface area contributed by atoms with Gasteiger partial charge in [-0.05, 0) is 63.7 Å². The Balaban J connectivity index is 1.74. The number of aromatic amines is 1. The zero-order valence-electron chi connectivity index (χ0n) is 17.1. The number of halogens is 2. The Morgan fingerprint density at radius 3 is 2.44 bits per heavy atom. The summed E-state index contributed by atoms with van der Waals surface area (Å²) in [6.45, 7) is 0.223. The molecule has 0 radical (unpaired) electrons. The second-order valence-corrected chi connectivity index (χ2v) is 9.27. The number of carbonyl (C=O) groups is 3. The number of aromatic nitrogens is 4. The number of rotatable bonds is 9. The summed E-state index contributed by atoms with van der Waals surface area (Å²) in [6, 6.07) is 1.82. The van der Waals surface area contributed by atoms with Crippen LogP contribution in [0.4, 0.5) is 11.6 Å². The maximum absolute atomic E-state index is 12.6. The van der Waals surface area contributed by atoms with Crippen molar-refractivity contribution in [2.24, 2.45) is 0 Å². The number of amides is 1. The molecule has 0 aliphatic carbocycles. The van der Waals surface area contributed by atoms with Gasteiger partial charge in [0.15, 0.2) is 11.2 Å². The van der Waals surface area contributed by atoms with Crippen molar-refractivity contribution in [2.75, 3.05) is 11.1 Å². The minimum Gasteiger partial charge on any atom is -0.481 e. The van der Waals surface area contributed by atoms with E-state index < -0.39 is 29.4 Å². The van der Waals surface area contributed by atoms with Gasteiger partial charge in [0.1, 0.15) is 6.04 Å². The number of H-pyrrole nitrogens is 1. The van der Waals surface area contributed by atoms with Gasteiger partial charge in [0, 0.05) is 19.1 Å². The molecule has 3 rings (SSSR count). The van der Waals surface area contributed by atoms with E-state index in [0.29, 0.717) is 18.5 Å². The van der Waals surface area contributed by atoms with E-state index in [1.807, 2.05) is 45.2 Å². The van der Waals surface area contributed by atoms with Crippen LogP contribution in [0.3, 0.4) is 0 Å². The Morgan fingerprint density at radius 2 is 1.82 bits per heavy atom. The topological polar surface area (TPSA) is 213 Å². The van der Waals surface area contributed by atoms with Crippen molar-refractivity contribution in [3.63, 3.8) is 0 Å². The van der Waals surface area contributed by atoms with E-state index >= 15 is 0 Å². The normalized spacial score (nSPS) is 11.7. The second kappa shape index (κ2) is 10.9. The van der Waals surface area contributed by atoms with Crippen LogP contribution in [0, 0.1) is 7.14 Å². The first-order chi connectivity index (χ1) is 16.0. The maximum Gasteiger partial charge on any atom is 0.326 e. The van der Waals surface area contributed by atoms with E-state index in [-0.39, 0.29) is 42.1 Å². The van der Waals surface area contributed by atoms with Crippen molar-refractivity contribution in [1.82, 2.24) is 25.3 Å². The molecule has 1 aromatic carbocycles. The Kier molecular flexibility index (Phi) is 8.18. The molecule has 1 amide bonds. The molecule has 0 aliphatic rings. The maximum atomic E-state index is 12.6. The van der Waals surface area contributed by atoms with Crippen LogP contribution in [0.5, 0.6) is 0 Å². The monoisotopic (exact) mass is 693 g/mol. The lowest BCUT2D eigenvalue weighted by molar-refractivity contribution is -0.140. The molecule has 34 heavy (non-hydrogen) atoms. The highest BCUT2D eigenvalue weighted by molar-refractivity contribution is 14.1. The third-order valence-electron chi connectivity index (χ3n) is 4.49. The summed E-state index contributed by atoms with van der Waals surface area (Å²) in [7, 11) is 0. The van der Waals surface area contributed by atoms with Crippen molar-refractivity contribution in [2.45, 2.75) is 25.4 Å². The average Bonchev–Trinajstić information content (AvgIpc) is 2.75. The molecule has 13 nitrogen and oxygen atoms in total. The summed E-state index contributed by atoms with van der Waals surface area (Å²) in [5, 5.41) is 23.5. The summed E-state index contributed by atoms with van der Waals surface area (Å²) < 4.78 is 1.35. The Labute approximate surface area is 218 Å². The van der Waals surface area contributed by atoms with Crippen LogP contribution in [0.25, 0.3) is 11.2 Å². The number of hydrogen-bond acceptors (Lipinski definition) is 9. The number of hydrogen-bond donors (Lipinski definition) is 6. The van der Waals surface area contributed by atoms with Gasteiger partial charge in [-0.25, -0.2) is 14.8 Å². The number of carboxylic acids is 2. The van der Waals surface area contributed by atoms with Gasteiger partial charge in [0.05, 0.1) is 24.1 Å². The van der Waals surface area contributed by atoms with Gasteiger partial charge in [-0.3, -0.25) is 19.4 Å². The van der Waals surface area contributed by atoms with Crippen LogP contribution in [-0.2, 0) is 16.1 Å². The number of benzene rings is 1. The number of nitrogens with zero attached hydrogens (tertiary/aromatic N) is 3. The fraction of sp³-hybridized carbons (Fsp3) is 0.211. The molecule has 2 aromatic heterocycles. The highest BCUT2D eigenvalue weighted by atomic mass is 127. The molecule has 0 fully saturated rings. The number of nitrogens with two attached hydrogens (primary N) is 1. The van der Waals surface area contributed by atoms with Crippen LogP contribution < -0.4 is 21.9 Å². The standard InChI is InChI=1S/C19H17I2N7O6/c20-9-3-7(16(31)26-11(18(33)34)1-2-12(29)30)4-10(21)13(9)23-5-8-6-24-15-14(25-8)17(32)28-19(22)27-15/h3-4,6,11,23H,1-2,5H2,(H,26,31)(H,29,30)(H,33,34)(H3,22,24,27,28,32)/t11-/m0/s1. The SMILES string of the molecule is Nc1nc2ncc(CNc3c(I)cc(C(=O)N[C@@H](CCC(=O)O)C(=O)O)cc3I)nc2c(=O)[nH]1. The molecular weight excluding hydrogens is 676 g/mol. The molecule has 3 aromatic rings. The van der Waals surface area contributed by atoms with Crippen molar-refractivity contribution in [1.29, 1.82) is 0 Å². The summed E-state index contributed by atoms with van der Waals surface area (Å²) in [5.74, 6) is -3.15. The molecule has 0 aliphatic heterocycles. The molecule has 2 heterocycles. The minimum absolute atomic E-state index is 0.0533. The first-order valence-corrected chi connectivity index (χ1v) is 11.7. The molecule has 7 N–H and O–H groups in total. The van der Waals surface area contributed by atoms with Crippen molar-refractivity contribution in [3.05, 3.63) is 47.1 Å². The number of carboxylic acid groups (broad SMARTS) is 2. The lowest BCUT2D eigenvalue weighted by atomic mass is 10.1. The quantitative estimate of drug-likeness (QED) is 0.175. The minimum atomic E-state index is -1.32. The second-order valence-electron chi connectivity index (χ2n) is 6.95. The number of nitrogens with one attached hydrogen (secondary N) is 3.